The summed E-state index contributed by atoms with van der Waals surface area (Å²) in [5.41, 5.74) is 0.744. The molecule has 0 spiro atoms. The molecule has 0 fully saturated rings. The van der Waals surface area contributed by atoms with Gasteiger partial charge in [-0.1, -0.05) is 47.5 Å². The predicted molar refractivity (Wildman–Crippen MR) is 117 cm³/mol. The van der Waals surface area contributed by atoms with Crippen molar-refractivity contribution in [1.29, 1.82) is 0 Å². The lowest BCUT2D eigenvalue weighted by Crippen LogP contribution is -2.49. The Morgan fingerprint density at radius 3 is 2.36 bits per heavy atom. The molecule has 2 aromatic carbocycles. The number of halogens is 2. The van der Waals surface area contributed by atoms with Gasteiger partial charge >= 0.3 is 0 Å². The van der Waals surface area contributed by atoms with E-state index in [0.717, 1.165) is 10.5 Å². The van der Waals surface area contributed by atoms with E-state index in [1.807, 2.05) is 44.2 Å². The Balaban J connectivity index is 2.18. The summed E-state index contributed by atoms with van der Waals surface area (Å²) >= 11 is 13.7. The van der Waals surface area contributed by atoms with Crippen molar-refractivity contribution in [1.82, 2.24) is 10.2 Å². The number of carbonyl (C=O) groups excluding carboxylic acids is 2. The van der Waals surface area contributed by atoms with E-state index in [4.69, 9.17) is 23.2 Å². The highest BCUT2D eigenvalue weighted by molar-refractivity contribution is 8.00. The lowest BCUT2D eigenvalue weighted by atomic mass is 10.1. The van der Waals surface area contributed by atoms with Crippen molar-refractivity contribution in [3.63, 3.8) is 0 Å². The van der Waals surface area contributed by atoms with Crippen LogP contribution in [0.5, 0.6) is 0 Å². The predicted octanol–water partition coefficient (Wildman–Crippen LogP) is 5.03. The topological polar surface area (TPSA) is 49.4 Å². The molecule has 0 unspecified atom stereocenters. The fourth-order valence-electron chi connectivity index (χ4n) is 2.57. The Kier molecular flexibility index (Phi) is 8.67. The molecule has 0 aliphatic rings. The molecule has 1 N–H and O–H groups in total. The zero-order valence-electron chi connectivity index (χ0n) is 16.1. The Morgan fingerprint density at radius 1 is 1.07 bits per heavy atom. The number of amides is 2. The number of hydrogen-bond acceptors (Lipinski definition) is 3. The van der Waals surface area contributed by atoms with Crippen LogP contribution in [0, 0.1) is 0 Å². The van der Waals surface area contributed by atoms with Crippen molar-refractivity contribution in [3.05, 3.63) is 64.1 Å². The minimum Gasteiger partial charge on any atom is -0.352 e. The third-order valence-electron chi connectivity index (χ3n) is 4.06. The van der Waals surface area contributed by atoms with Gasteiger partial charge in [-0.05, 0) is 50.6 Å². The van der Waals surface area contributed by atoms with Crippen LogP contribution >= 0.6 is 35.0 Å². The molecule has 150 valence electrons. The SMILES string of the molecule is CC(C)NC(=O)[C@@H](C)N(Cc1ccc(Cl)cc1Cl)C(=O)CSc1ccccc1. The number of nitrogens with zero attached hydrogens (tertiary/aromatic N) is 1. The second-order valence-corrected chi connectivity index (χ2v) is 8.59. The summed E-state index contributed by atoms with van der Waals surface area (Å²) in [5.74, 6) is -0.0986. The maximum Gasteiger partial charge on any atom is 0.242 e. The molecule has 0 bridgehead atoms. The lowest BCUT2D eigenvalue weighted by Gasteiger charge is -2.29. The smallest absolute Gasteiger partial charge is 0.242 e. The second-order valence-electron chi connectivity index (χ2n) is 6.70. The molecule has 4 nitrogen and oxygen atoms in total. The number of thioether (sulfide) groups is 1. The van der Waals surface area contributed by atoms with Crippen LogP contribution in [-0.4, -0.2) is 34.6 Å². The Hall–Kier alpha value is -1.69. The molecule has 1 atom stereocenters. The highest BCUT2D eigenvalue weighted by Crippen LogP contribution is 2.24. The van der Waals surface area contributed by atoms with Crippen LogP contribution in [0.1, 0.15) is 26.3 Å². The molecule has 0 aliphatic carbocycles. The molecular formula is C21H24Cl2N2O2S. The number of benzene rings is 2. The molecule has 0 heterocycles. The van der Waals surface area contributed by atoms with E-state index < -0.39 is 6.04 Å². The summed E-state index contributed by atoms with van der Waals surface area (Å²) in [5, 5.41) is 3.86. The van der Waals surface area contributed by atoms with Crippen molar-refractivity contribution in [2.75, 3.05) is 5.75 Å². The van der Waals surface area contributed by atoms with Crippen LogP contribution in [0.4, 0.5) is 0 Å². The molecule has 0 aliphatic heterocycles. The van der Waals surface area contributed by atoms with Gasteiger partial charge in [-0.3, -0.25) is 9.59 Å². The molecular weight excluding hydrogens is 415 g/mol. The average molecular weight is 439 g/mol. The largest absolute Gasteiger partial charge is 0.352 e. The maximum absolute atomic E-state index is 13.0. The summed E-state index contributed by atoms with van der Waals surface area (Å²) in [6.07, 6.45) is 0. The van der Waals surface area contributed by atoms with E-state index in [1.54, 1.807) is 30.0 Å². The summed E-state index contributed by atoms with van der Waals surface area (Å²) in [6.45, 7) is 5.74. The maximum atomic E-state index is 13.0. The summed E-state index contributed by atoms with van der Waals surface area (Å²) < 4.78 is 0. The van der Waals surface area contributed by atoms with Gasteiger partial charge in [0.25, 0.3) is 0 Å². The number of nitrogens with one attached hydrogen (secondary N) is 1. The van der Waals surface area contributed by atoms with Crippen LogP contribution in [-0.2, 0) is 16.1 Å². The molecule has 2 amide bonds. The standard InChI is InChI=1S/C21H24Cl2N2O2S/c1-14(2)24-21(27)15(3)25(12-16-9-10-17(22)11-19(16)23)20(26)13-28-18-7-5-4-6-8-18/h4-11,14-15H,12-13H2,1-3H3,(H,24,27)/t15-/m1/s1. The average Bonchev–Trinajstić information content (AvgIpc) is 2.65. The summed E-state index contributed by atoms with van der Waals surface area (Å²) in [6, 6.07) is 14.2. The molecule has 0 saturated heterocycles. The minimum atomic E-state index is -0.627. The van der Waals surface area contributed by atoms with E-state index >= 15 is 0 Å². The van der Waals surface area contributed by atoms with Crippen molar-refractivity contribution in [2.24, 2.45) is 0 Å². The molecule has 0 aromatic heterocycles. The van der Waals surface area contributed by atoms with Gasteiger partial charge in [0.2, 0.25) is 11.8 Å². The van der Waals surface area contributed by atoms with Crippen LogP contribution in [0.3, 0.4) is 0 Å². The first-order valence-electron chi connectivity index (χ1n) is 8.99. The fourth-order valence-corrected chi connectivity index (χ4v) is 3.84. The zero-order valence-corrected chi connectivity index (χ0v) is 18.4. The normalized spacial score (nSPS) is 11.9. The van der Waals surface area contributed by atoms with Crippen molar-refractivity contribution in [3.8, 4) is 0 Å². The van der Waals surface area contributed by atoms with Gasteiger partial charge in [-0.2, -0.15) is 0 Å². The molecule has 28 heavy (non-hydrogen) atoms. The first-order valence-corrected chi connectivity index (χ1v) is 10.7. The Labute approximate surface area is 180 Å². The van der Waals surface area contributed by atoms with E-state index in [9.17, 15) is 9.59 Å². The van der Waals surface area contributed by atoms with Gasteiger partial charge in [0.1, 0.15) is 6.04 Å². The van der Waals surface area contributed by atoms with E-state index in [-0.39, 0.29) is 30.2 Å². The molecule has 2 aromatic rings. The van der Waals surface area contributed by atoms with Gasteiger partial charge in [0, 0.05) is 27.5 Å². The van der Waals surface area contributed by atoms with Crippen molar-refractivity contribution in [2.45, 2.75) is 44.3 Å². The monoisotopic (exact) mass is 438 g/mol. The highest BCUT2D eigenvalue weighted by atomic mass is 35.5. The van der Waals surface area contributed by atoms with Gasteiger partial charge in [-0.25, -0.2) is 0 Å². The Morgan fingerprint density at radius 2 is 1.75 bits per heavy atom. The number of rotatable bonds is 8. The van der Waals surface area contributed by atoms with Crippen LogP contribution in [0.25, 0.3) is 0 Å². The van der Waals surface area contributed by atoms with E-state index in [0.29, 0.717) is 10.0 Å². The highest BCUT2D eigenvalue weighted by Gasteiger charge is 2.27. The lowest BCUT2D eigenvalue weighted by molar-refractivity contribution is -0.138. The summed E-state index contributed by atoms with van der Waals surface area (Å²) in [4.78, 5) is 28.1. The molecule has 0 radical (unpaired) electrons. The molecule has 2 rings (SSSR count). The number of hydrogen-bond donors (Lipinski definition) is 1. The van der Waals surface area contributed by atoms with Gasteiger partial charge < -0.3 is 10.2 Å². The van der Waals surface area contributed by atoms with Crippen LogP contribution in [0.15, 0.2) is 53.4 Å². The fraction of sp³-hybridized carbons (Fsp3) is 0.333. The quantitative estimate of drug-likeness (QED) is 0.587. The Bertz CT molecular complexity index is 815. The van der Waals surface area contributed by atoms with Gasteiger partial charge in [0.05, 0.1) is 5.75 Å². The number of carbonyl (C=O) groups is 2. The third kappa shape index (κ3) is 6.73. The molecule has 0 saturated carbocycles. The van der Waals surface area contributed by atoms with Crippen LogP contribution in [0.2, 0.25) is 10.0 Å². The van der Waals surface area contributed by atoms with Crippen LogP contribution < -0.4 is 5.32 Å². The van der Waals surface area contributed by atoms with Crippen molar-refractivity contribution >= 4 is 46.8 Å². The van der Waals surface area contributed by atoms with Crippen molar-refractivity contribution < 1.29 is 9.59 Å². The minimum absolute atomic E-state index is 0.00952. The second kappa shape index (κ2) is 10.7. The van der Waals surface area contributed by atoms with E-state index in [1.165, 1.54) is 11.8 Å². The van der Waals surface area contributed by atoms with E-state index in [2.05, 4.69) is 5.32 Å². The third-order valence-corrected chi connectivity index (χ3v) is 5.64. The summed E-state index contributed by atoms with van der Waals surface area (Å²) in [7, 11) is 0. The first-order chi connectivity index (χ1) is 13.3. The van der Waals surface area contributed by atoms with Gasteiger partial charge in [0.15, 0.2) is 0 Å². The molecule has 7 heteroatoms. The first kappa shape index (κ1) is 22.6. The van der Waals surface area contributed by atoms with Gasteiger partial charge in [-0.15, -0.1) is 11.8 Å². The zero-order chi connectivity index (χ0) is 20.7.